The van der Waals surface area contributed by atoms with E-state index < -0.39 is 0 Å². The number of likely N-dealkylation sites (N-methyl/N-ethyl adjacent to an activating group) is 1. The van der Waals surface area contributed by atoms with Crippen molar-refractivity contribution in [2.45, 2.75) is 52.3 Å². The van der Waals surface area contributed by atoms with E-state index in [0.29, 0.717) is 17.9 Å². The number of nitriles is 1. The quantitative estimate of drug-likeness (QED) is 0.576. The summed E-state index contributed by atoms with van der Waals surface area (Å²) < 4.78 is 8.96. The number of anilines is 1. The Morgan fingerprint density at radius 3 is 2.91 bits per heavy atom. The molecule has 2 aromatic heterocycles. The highest BCUT2D eigenvalue weighted by Crippen LogP contribution is 2.30. The van der Waals surface area contributed by atoms with Crippen LogP contribution in [0.2, 0.25) is 0 Å². The molecule has 2 atom stereocenters. The number of carbonyl (C=O) groups is 1. The van der Waals surface area contributed by atoms with Crippen molar-refractivity contribution < 1.29 is 9.53 Å². The van der Waals surface area contributed by atoms with Crippen LogP contribution < -0.4 is 5.32 Å². The normalized spacial score (nSPS) is 17.1. The fourth-order valence-electron chi connectivity index (χ4n) is 4.14. The molecule has 1 amide bonds. The zero-order valence-electron chi connectivity index (χ0n) is 19.0. The molecule has 1 fully saturated rings. The molecule has 0 saturated carbocycles. The van der Waals surface area contributed by atoms with Crippen LogP contribution in [0.1, 0.15) is 47.6 Å². The molecule has 168 valence electrons. The van der Waals surface area contributed by atoms with Crippen molar-refractivity contribution in [3.8, 4) is 6.07 Å². The Hall–Kier alpha value is -2.73. The maximum atomic E-state index is 13.0. The summed E-state index contributed by atoms with van der Waals surface area (Å²) in [5.74, 6) is 0.423. The van der Waals surface area contributed by atoms with Gasteiger partial charge in [0.05, 0.1) is 41.0 Å². The number of hydrogen-bond acceptors (Lipinski definition) is 6. The summed E-state index contributed by atoms with van der Waals surface area (Å²) in [7, 11) is 1.92. The van der Waals surface area contributed by atoms with E-state index in [1.165, 1.54) is 0 Å². The summed E-state index contributed by atoms with van der Waals surface area (Å²) in [6.07, 6.45) is 2.16. The number of aromatic nitrogens is 2. The van der Waals surface area contributed by atoms with Gasteiger partial charge < -0.3 is 14.6 Å². The monoisotopic (exact) mass is 451 g/mol. The third kappa shape index (κ3) is 4.42. The Labute approximate surface area is 192 Å². The lowest BCUT2D eigenvalue weighted by molar-refractivity contribution is -0.117. The van der Waals surface area contributed by atoms with Crippen LogP contribution in [-0.4, -0.2) is 46.7 Å². The molecule has 3 aromatic rings. The van der Waals surface area contributed by atoms with Gasteiger partial charge in [0.15, 0.2) is 0 Å². The third-order valence-corrected chi connectivity index (χ3v) is 7.54. The van der Waals surface area contributed by atoms with Crippen molar-refractivity contribution in [2.24, 2.45) is 0 Å². The molecule has 1 N–H and O–H groups in total. The van der Waals surface area contributed by atoms with Gasteiger partial charge in [0.2, 0.25) is 5.91 Å². The molecule has 1 saturated heterocycles. The van der Waals surface area contributed by atoms with Gasteiger partial charge in [-0.3, -0.25) is 9.69 Å². The first-order chi connectivity index (χ1) is 15.4. The lowest BCUT2D eigenvalue weighted by Gasteiger charge is -2.23. The molecule has 1 aliphatic rings. The lowest BCUT2D eigenvalue weighted by atomic mass is 10.2. The van der Waals surface area contributed by atoms with E-state index in [2.05, 4.69) is 24.4 Å². The largest absolute Gasteiger partial charge is 0.376 e. The number of ether oxygens (including phenoxy) is 1. The molecule has 32 heavy (non-hydrogen) atoms. The lowest BCUT2D eigenvalue weighted by Crippen LogP contribution is -2.33. The topological polar surface area (TPSA) is 83.2 Å². The number of fused-ring (bicyclic) bond motifs is 1. The smallest absolute Gasteiger partial charge is 0.239 e. The zero-order valence-corrected chi connectivity index (χ0v) is 19.8. The van der Waals surface area contributed by atoms with E-state index in [9.17, 15) is 10.1 Å². The number of benzene rings is 1. The highest BCUT2D eigenvalue weighted by Gasteiger charge is 2.25. The summed E-state index contributed by atoms with van der Waals surface area (Å²) in [6.45, 7) is 7.58. The molecule has 0 aliphatic carbocycles. The summed E-state index contributed by atoms with van der Waals surface area (Å²) in [5, 5.41) is 13.7. The predicted octanol–water partition coefficient (Wildman–Crippen LogP) is 4.40. The Kier molecular flexibility index (Phi) is 6.60. The second kappa shape index (κ2) is 9.41. The SMILES string of the molecule is Cc1c(C#N)c(NC(=O)CN(C)C(C)c2nc3ccccc3s2)n(CC2CCCO2)c1C. The van der Waals surface area contributed by atoms with Crippen LogP contribution in [0.25, 0.3) is 10.2 Å². The molecular formula is C24H29N5O2S. The average molecular weight is 452 g/mol. The highest BCUT2D eigenvalue weighted by atomic mass is 32.1. The van der Waals surface area contributed by atoms with E-state index in [-0.39, 0.29) is 24.6 Å². The van der Waals surface area contributed by atoms with E-state index in [1.807, 2.05) is 48.6 Å². The predicted molar refractivity (Wildman–Crippen MR) is 127 cm³/mol. The van der Waals surface area contributed by atoms with E-state index in [4.69, 9.17) is 9.72 Å². The fraction of sp³-hybridized carbons (Fsp3) is 0.458. The summed E-state index contributed by atoms with van der Waals surface area (Å²) in [4.78, 5) is 19.7. The second-order valence-corrected chi connectivity index (χ2v) is 9.51. The summed E-state index contributed by atoms with van der Waals surface area (Å²) in [5.41, 5.74) is 3.39. The van der Waals surface area contributed by atoms with Crippen LogP contribution in [0.4, 0.5) is 5.82 Å². The summed E-state index contributed by atoms with van der Waals surface area (Å²) in [6, 6.07) is 10.3. The van der Waals surface area contributed by atoms with E-state index >= 15 is 0 Å². The van der Waals surface area contributed by atoms with Gasteiger partial charge in [-0.25, -0.2) is 4.98 Å². The first-order valence-corrected chi connectivity index (χ1v) is 11.8. The molecule has 2 unspecified atom stereocenters. The van der Waals surface area contributed by atoms with Crippen molar-refractivity contribution >= 4 is 33.3 Å². The fourth-order valence-corrected chi connectivity index (χ4v) is 5.23. The minimum absolute atomic E-state index is 0.00395. The minimum atomic E-state index is -0.150. The highest BCUT2D eigenvalue weighted by molar-refractivity contribution is 7.18. The van der Waals surface area contributed by atoms with Crippen molar-refractivity contribution in [2.75, 3.05) is 25.5 Å². The molecule has 3 heterocycles. The van der Waals surface area contributed by atoms with Gasteiger partial charge in [0, 0.05) is 12.3 Å². The molecule has 1 aliphatic heterocycles. The molecule has 4 rings (SSSR count). The maximum absolute atomic E-state index is 13.0. The first kappa shape index (κ1) is 22.5. The number of hydrogen-bond donors (Lipinski definition) is 1. The summed E-state index contributed by atoms with van der Waals surface area (Å²) >= 11 is 1.65. The van der Waals surface area contributed by atoms with Gasteiger partial charge in [-0.1, -0.05) is 12.1 Å². The van der Waals surface area contributed by atoms with E-state index in [0.717, 1.165) is 45.9 Å². The number of nitrogens with zero attached hydrogens (tertiary/aromatic N) is 4. The van der Waals surface area contributed by atoms with E-state index in [1.54, 1.807) is 11.3 Å². The van der Waals surface area contributed by atoms with Crippen molar-refractivity contribution in [1.29, 1.82) is 5.26 Å². The van der Waals surface area contributed by atoms with Crippen LogP contribution in [0.3, 0.4) is 0 Å². The number of amides is 1. The maximum Gasteiger partial charge on any atom is 0.239 e. The number of para-hydroxylation sites is 1. The molecule has 0 radical (unpaired) electrons. The second-order valence-electron chi connectivity index (χ2n) is 8.45. The number of rotatable bonds is 7. The standard InChI is InChI=1S/C24H29N5O2S/c1-15-16(2)29(13-18-8-7-11-31-18)23(19(15)12-25)27-22(30)14-28(4)17(3)24-26-20-9-5-6-10-21(20)32-24/h5-6,9-10,17-18H,7-8,11,13-14H2,1-4H3,(H,27,30). The van der Waals surface area contributed by atoms with Crippen LogP contribution in [0, 0.1) is 25.2 Å². The van der Waals surface area contributed by atoms with Crippen LogP contribution in [-0.2, 0) is 16.1 Å². The number of thiazole rings is 1. The van der Waals surface area contributed by atoms with Crippen molar-refractivity contribution in [1.82, 2.24) is 14.5 Å². The van der Waals surface area contributed by atoms with Crippen molar-refractivity contribution in [3.63, 3.8) is 0 Å². The number of nitrogens with one attached hydrogen (secondary N) is 1. The van der Waals surface area contributed by atoms with Gasteiger partial charge in [0.25, 0.3) is 0 Å². The molecule has 1 aromatic carbocycles. The van der Waals surface area contributed by atoms with Gasteiger partial charge in [0.1, 0.15) is 16.9 Å². The number of carbonyl (C=O) groups excluding carboxylic acids is 1. The zero-order chi connectivity index (χ0) is 22.8. The molecule has 0 bridgehead atoms. The van der Waals surface area contributed by atoms with Gasteiger partial charge >= 0.3 is 0 Å². The Balaban J connectivity index is 1.49. The van der Waals surface area contributed by atoms with Gasteiger partial charge in [-0.2, -0.15) is 5.26 Å². The Morgan fingerprint density at radius 1 is 1.44 bits per heavy atom. The van der Waals surface area contributed by atoms with Crippen LogP contribution >= 0.6 is 11.3 Å². The average Bonchev–Trinajstić information content (AvgIpc) is 3.49. The van der Waals surface area contributed by atoms with Gasteiger partial charge in [-0.05, 0) is 58.4 Å². The Morgan fingerprint density at radius 2 is 2.22 bits per heavy atom. The Bertz CT molecular complexity index is 1140. The third-order valence-electron chi connectivity index (χ3n) is 6.33. The molecule has 8 heteroatoms. The molecule has 0 spiro atoms. The van der Waals surface area contributed by atoms with Crippen LogP contribution in [0.5, 0.6) is 0 Å². The molecule has 7 nitrogen and oxygen atoms in total. The van der Waals surface area contributed by atoms with Crippen LogP contribution in [0.15, 0.2) is 24.3 Å². The molecular weight excluding hydrogens is 422 g/mol. The first-order valence-electron chi connectivity index (χ1n) is 11.0. The van der Waals surface area contributed by atoms with Crippen molar-refractivity contribution in [3.05, 3.63) is 46.1 Å². The minimum Gasteiger partial charge on any atom is -0.376 e. The van der Waals surface area contributed by atoms with Gasteiger partial charge in [-0.15, -0.1) is 11.3 Å².